The number of halogens is 2. The van der Waals surface area contributed by atoms with Gasteiger partial charge in [0.2, 0.25) is 0 Å². The van der Waals surface area contributed by atoms with E-state index < -0.39 is 5.82 Å². The first-order valence-electron chi connectivity index (χ1n) is 5.77. The first kappa shape index (κ1) is 14.2. The lowest BCUT2D eigenvalue weighted by molar-refractivity contribution is 0.0788. The van der Waals surface area contributed by atoms with Crippen LogP contribution in [0.5, 0.6) is 0 Å². The summed E-state index contributed by atoms with van der Waals surface area (Å²) < 4.78 is 14.0. The van der Waals surface area contributed by atoms with Crippen molar-refractivity contribution in [2.45, 2.75) is 26.2 Å². The zero-order chi connectivity index (χ0) is 12.8. The number of amides is 1. The Morgan fingerprint density at radius 3 is 2.76 bits per heavy atom. The Balaban J connectivity index is 2.71. The normalized spacial score (nSPS) is 10.4. The minimum Gasteiger partial charge on any atom is -0.342 e. The van der Waals surface area contributed by atoms with Crippen molar-refractivity contribution in [3.63, 3.8) is 0 Å². The number of carbonyl (C=O) groups is 1. The molecule has 0 unspecified atom stereocenters. The summed E-state index contributed by atoms with van der Waals surface area (Å²) in [5, 5.41) is 0. The SMILES string of the molecule is CCCCCN(C)C(=O)c1cccc(Br)c1F. The van der Waals surface area contributed by atoms with E-state index in [0.717, 1.165) is 19.3 Å². The smallest absolute Gasteiger partial charge is 0.256 e. The summed E-state index contributed by atoms with van der Waals surface area (Å²) in [4.78, 5) is 13.5. The molecule has 0 spiro atoms. The summed E-state index contributed by atoms with van der Waals surface area (Å²) in [7, 11) is 1.71. The second-order valence-electron chi connectivity index (χ2n) is 4.04. The summed E-state index contributed by atoms with van der Waals surface area (Å²) in [6.07, 6.45) is 3.14. The molecule has 0 radical (unpaired) electrons. The van der Waals surface area contributed by atoms with Crippen molar-refractivity contribution in [3.05, 3.63) is 34.1 Å². The summed E-state index contributed by atoms with van der Waals surface area (Å²) in [6, 6.07) is 4.77. The predicted octanol–water partition coefficient (Wildman–Crippen LogP) is 3.85. The van der Waals surface area contributed by atoms with Gasteiger partial charge < -0.3 is 4.90 Å². The van der Waals surface area contributed by atoms with Gasteiger partial charge in [-0.1, -0.05) is 25.8 Å². The fourth-order valence-corrected chi connectivity index (χ4v) is 1.94. The molecule has 4 heteroatoms. The molecular weight excluding hydrogens is 285 g/mol. The molecular formula is C13H17BrFNO. The van der Waals surface area contributed by atoms with Crippen LogP contribution < -0.4 is 0 Å². The van der Waals surface area contributed by atoms with Crippen LogP contribution in [0.3, 0.4) is 0 Å². The van der Waals surface area contributed by atoms with Crippen LogP contribution in [-0.4, -0.2) is 24.4 Å². The molecule has 0 heterocycles. The van der Waals surface area contributed by atoms with Gasteiger partial charge in [-0.2, -0.15) is 0 Å². The Hall–Kier alpha value is -0.900. The molecule has 17 heavy (non-hydrogen) atoms. The molecule has 1 aromatic carbocycles. The average molecular weight is 302 g/mol. The molecule has 0 fully saturated rings. The average Bonchev–Trinajstić information content (AvgIpc) is 2.32. The highest BCUT2D eigenvalue weighted by molar-refractivity contribution is 9.10. The highest BCUT2D eigenvalue weighted by Gasteiger charge is 2.17. The topological polar surface area (TPSA) is 20.3 Å². The van der Waals surface area contributed by atoms with Gasteiger partial charge in [0.05, 0.1) is 10.0 Å². The number of benzene rings is 1. The van der Waals surface area contributed by atoms with Crippen LogP contribution >= 0.6 is 15.9 Å². The number of unbranched alkanes of at least 4 members (excludes halogenated alkanes) is 2. The van der Waals surface area contributed by atoms with E-state index in [2.05, 4.69) is 22.9 Å². The molecule has 0 atom stereocenters. The van der Waals surface area contributed by atoms with E-state index in [9.17, 15) is 9.18 Å². The van der Waals surface area contributed by atoms with Gasteiger partial charge in [0, 0.05) is 13.6 Å². The number of nitrogens with zero attached hydrogens (tertiary/aromatic N) is 1. The molecule has 0 N–H and O–H groups in total. The van der Waals surface area contributed by atoms with Crippen molar-refractivity contribution >= 4 is 21.8 Å². The van der Waals surface area contributed by atoms with Gasteiger partial charge in [-0.25, -0.2) is 4.39 Å². The van der Waals surface area contributed by atoms with Crippen LogP contribution in [0.1, 0.15) is 36.5 Å². The van der Waals surface area contributed by atoms with Crippen LogP contribution in [0.25, 0.3) is 0 Å². The van der Waals surface area contributed by atoms with Gasteiger partial charge >= 0.3 is 0 Å². The van der Waals surface area contributed by atoms with Gasteiger partial charge in [0.1, 0.15) is 5.82 Å². The van der Waals surface area contributed by atoms with Gasteiger partial charge in [-0.15, -0.1) is 0 Å². The largest absolute Gasteiger partial charge is 0.342 e. The van der Waals surface area contributed by atoms with Crippen LogP contribution in [0, 0.1) is 5.82 Å². The second kappa shape index (κ2) is 6.74. The first-order valence-corrected chi connectivity index (χ1v) is 6.56. The Kier molecular flexibility index (Phi) is 5.62. The van der Waals surface area contributed by atoms with E-state index in [1.165, 1.54) is 6.07 Å². The Morgan fingerprint density at radius 1 is 1.41 bits per heavy atom. The Bertz CT molecular complexity index is 395. The van der Waals surface area contributed by atoms with Crippen molar-refractivity contribution in [1.29, 1.82) is 0 Å². The van der Waals surface area contributed by atoms with E-state index in [0.29, 0.717) is 11.0 Å². The third kappa shape index (κ3) is 3.80. The third-order valence-electron chi connectivity index (χ3n) is 2.63. The second-order valence-corrected chi connectivity index (χ2v) is 4.89. The molecule has 1 aromatic rings. The molecule has 94 valence electrons. The Labute approximate surface area is 110 Å². The molecule has 0 aliphatic rings. The van der Waals surface area contributed by atoms with Gasteiger partial charge in [0.25, 0.3) is 5.91 Å². The Morgan fingerprint density at radius 2 is 2.12 bits per heavy atom. The summed E-state index contributed by atoms with van der Waals surface area (Å²) >= 11 is 3.08. The van der Waals surface area contributed by atoms with Gasteiger partial charge in [-0.3, -0.25) is 4.79 Å². The van der Waals surface area contributed by atoms with Crippen LogP contribution in [0.15, 0.2) is 22.7 Å². The number of hydrogen-bond acceptors (Lipinski definition) is 1. The molecule has 0 saturated heterocycles. The lowest BCUT2D eigenvalue weighted by atomic mass is 10.1. The monoisotopic (exact) mass is 301 g/mol. The maximum absolute atomic E-state index is 13.7. The van der Waals surface area contributed by atoms with Crippen LogP contribution in [0.2, 0.25) is 0 Å². The minimum absolute atomic E-state index is 0.123. The van der Waals surface area contributed by atoms with Crippen molar-refractivity contribution in [2.75, 3.05) is 13.6 Å². The summed E-state index contributed by atoms with van der Waals surface area (Å²) in [6.45, 7) is 2.77. The quantitative estimate of drug-likeness (QED) is 0.757. The van der Waals surface area contributed by atoms with E-state index in [4.69, 9.17) is 0 Å². The van der Waals surface area contributed by atoms with Gasteiger partial charge in [0.15, 0.2) is 0 Å². The molecule has 1 rings (SSSR count). The van der Waals surface area contributed by atoms with Crippen LogP contribution in [-0.2, 0) is 0 Å². The van der Waals surface area contributed by atoms with E-state index in [1.54, 1.807) is 24.1 Å². The van der Waals surface area contributed by atoms with Crippen molar-refractivity contribution in [1.82, 2.24) is 4.90 Å². The maximum atomic E-state index is 13.7. The summed E-state index contributed by atoms with van der Waals surface area (Å²) in [5.41, 5.74) is 0.123. The lowest BCUT2D eigenvalue weighted by Gasteiger charge is -2.17. The van der Waals surface area contributed by atoms with E-state index in [1.807, 2.05) is 0 Å². The molecule has 0 aliphatic heterocycles. The fraction of sp³-hybridized carbons (Fsp3) is 0.462. The zero-order valence-corrected chi connectivity index (χ0v) is 11.8. The molecule has 0 aliphatic carbocycles. The number of rotatable bonds is 5. The van der Waals surface area contributed by atoms with Crippen LogP contribution in [0.4, 0.5) is 4.39 Å². The van der Waals surface area contributed by atoms with Crippen molar-refractivity contribution in [2.24, 2.45) is 0 Å². The third-order valence-corrected chi connectivity index (χ3v) is 3.24. The number of hydrogen-bond donors (Lipinski definition) is 0. The van der Waals surface area contributed by atoms with Crippen molar-refractivity contribution in [3.8, 4) is 0 Å². The molecule has 2 nitrogen and oxygen atoms in total. The first-order chi connectivity index (χ1) is 8.07. The van der Waals surface area contributed by atoms with E-state index >= 15 is 0 Å². The highest BCUT2D eigenvalue weighted by atomic mass is 79.9. The molecule has 1 amide bonds. The fourth-order valence-electron chi connectivity index (χ4n) is 1.58. The molecule has 0 saturated carbocycles. The standard InChI is InChI=1S/C13H17BrFNO/c1-3-4-5-9-16(2)13(17)10-7-6-8-11(14)12(10)15/h6-8H,3-5,9H2,1-2H3. The van der Waals surface area contributed by atoms with Crippen molar-refractivity contribution < 1.29 is 9.18 Å². The highest BCUT2D eigenvalue weighted by Crippen LogP contribution is 2.19. The minimum atomic E-state index is -0.486. The van der Waals surface area contributed by atoms with Gasteiger partial charge in [-0.05, 0) is 34.5 Å². The predicted molar refractivity (Wildman–Crippen MR) is 70.6 cm³/mol. The molecule has 0 bridgehead atoms. The number of carbonyl (C=O) groups excluding carboxylic acids is 1. The molecule has 0 aromatic heterocycles. The van der Waals surface area contributed by atoms with E-state index in [-0.39, 0.29) is 11.5 Å². The zero-order valence-electron chi connectivity index (χ0n) is 10.2. The maximum Gasteiger partial charge on any atom is 0.256 e. The summed E-state index contributed by atoms with van der Waals surface area (Å²) in [5.74, 6) is -0.750. The lowest BCUT2D eigenvalue weighted by Crippen LogP contribution is -2.28.